The number of ether oxygens (including phenoxy) is 3. The molecule has 2 N–H and O–H groups in total. The molecule has 1 aliphatic heterocycles. The Kier molecular flexibility index (Phi) is 8.60. The second-order valence-corrected chi connectivity index (χ2v) is 10.7. The van der Waals surface area contributed by atoms with E-state index < -0.39 is 11.8 Å². The van der Waals surface area contributed by atoms with Crippen LogP contribution in [0.15, 0.2) is 42.6 Å². The van der Waals surface area contributed by atoms with Gasteiger partial charge in [-0.25, -0.2) is 9.37 Å². The molecule has 0 atom stereocenters. The van der Waals surface area contributed by atoms with Gasteiger partial charge in [-0.3, -0.25) is 15.0 Å². The summed E-state index contributed by atoms with van der Waals surface area (Å²) in [6, 6.07) is 10.0. The normalized spacial score (nSPS) is 12.7. The van der Waals surface area contributed by atoms with Crippen molar-refractivity contribution in [1.82, 2.24) is 9.88 Å². The van der Waals surface area contributed by atoms with Crippen LogP contribution in [0.25, 0.3) is 0 Å². The van der Waals surface area contributed by atoms with Gasteiger partial charge in [-0.1, -0.05) is 26.8 Å². The molecular formula is C31H34FN3O6. The molecule has 2 aromatic carbocycles. The minimum atomic E-state index is -0.945. The van der Waals surface area contributed by atoms with Gasteiger partial charge in [0, 0.05) is 29.9 Å². The number of hydrogen-bond acceptors (Lipinski definition) is 7. The predicted octanol–water partition coefficient (Wildman–Crippen LogP) is 5.76. The molecule has 0 bridgehead atoms. The number of aliphatic carboxylic acids is 1. The van der Waals surface area contributed by atoms with Crippen molar-refractivity contribution in [3.8, 4) is 23.1 Å². The van der Waals surface area contributed by atoms with Crippen LogP contribution < -0.4 is 14.2 Å². The molecule has 0 spiro atoms. The van der Waals surface area contributed by atoms with Crippen molar-refractivity contribution >= 4 is 17.6 Å². The van der Waals surface area contributed by atoms with Crippen molar-refractivity contribution < 1.29 is 33.3 Å². The van der Waals surface area contributed by atoms with Gasteiger partial charge in [0.15, 0.2) is 23.1 Å². The fraction of sp³-hybridized carbons (Fsp3) is 0.355. The number of carboxylic acid groups (broad SMARTS) is 1. The fourth-order valence-electron chi connectivity index (χ4n) is 4.66. The van der Waals surface area contributed by atoms with Crippen LogP contribution in [0.5, 0.6) is 23.1 Å². The van der Waals surface area contributed by atoms with Gasteiger partial charge in [0.25, 0.3) is 0 Å². The molecule has 9 nitrogen and oxygen atoms in total. The summed E-state index contributed by atoms with van der Waals surface area (Å²) in [6.07, 6.45) is 1.32. The quantitative estimate of drug-likeness (QED) is 0.283. The Labute approximate surface area is 238 Å². The van der Waals surface area contributed by atoms with Gasteiger partial charge < -0.3 is 24.2 Å². The number of hydrogen-bond donors (Lipinski definition) is 2. The molecule has 0 radical (unpaired) electrons. The van der Waals surface area contributed by atoms with E-state index >= 15 is 4.39 Å². The number of benzene rings is 2. The molecule has 3 aromatic rings. The minimum absolute atomic E-state index is 0.0255. The van der Waals surface area contributed by atoms with Crippen molar-refractivity contribution in [3.05, 3.63) is 76.2 Å². The molecule has 4 rings (SSSR count). The van der Waals surface area contributed by atoms with Crippen LogP contribution in [0.1, 0.15) is 67.2 Å². The second-order valence-electron chi connectivity index (χ2n) is 10.7. The third-order valence-electron chi connectivity index (χ3n) is 6.58. The highest BCUT2D eigenvalue weighted by molar-refractivity contribution is 6.06. The lowest BCUT2D eigenvalue weighted by Gasteiger charge is -2.24. The molecule has 41 heavy (non-hydrogen) atoms. The monoisotopic (exact) mass is 563 g/mol. The summed E-state index contributed by atoms with van der Waals surface area (Å²) in [4.78, 5) is 30.1. The first kappa shape index (κ1) is 29.5. The molecule has 0 saturated heterocycles. The summed E-state index contributed by atoms with van der Waals surface area (Å²) in [5, 5.41) is 17.6. The fourth-order valence-corrected chi connectivity index (χ4v) is 4.66. The summed E-state index contributed by atoms with van der Waals surface area (Å²) >= 11 is 0. The Morgan fingerprint density at radius 2 is 1.80 bits per heavy atom. The molecule has 1 aliphatic rings. The Balaban J connectivity index is 1.55. The SMILES string of the molecule is CCOc1cc2c(c(F)c1OCC)C(=N)N(CC(=O)c1ccc(Oc3ccc(CC(=O)O)cn3)c(C(C)(C)C)c1)C2. The number of carbonyl (C=O) groups excluding carboxylic acids is 1. The number of halogens is 1. The van der Waals surface area contributed by atoms with Crippen LogP contribution in [0.4, 0.5) is 4.39 Å². The van der Waals surface area contributed by atoms with E-state index in [0.29, 0.717) is 34.9 Å². The number of amidine groups is 1. The Morgan fingerprint density at radius 3 is 2.41 bits per heavy atom. The molecule has 0 amide bonds. The van der Waals surface area contributed by atoms with Crippen molar-refractivity contribution in [2.45, 2.75) is 53.0 Å². The van der Waals surface area contributed by atoms with Crippen LogP contribution in [0, 0.1) is 11.2 Å². The molecule has 10 heteroatoms. The smallest absolute Gasteiger partial charge is 0.307 e. The van der Waals surface area contributed by atoms with E-state index in [1.165, 1.54) is 11.1 Å². The maximum absolute atomic E-state index is 15.4. The molecule has 2 heterocycles. The van der Waals surface area contributed by atoms with Crippen LogP contribution >= 0.6 is 0 Å². The highest BCUT2D eigenvalue weighted by Gasteiger charge is 2.33. The molecule has 216 valence electrons. The second kappa shape index (κ2) is 12.0. The van der Waals surface area contributed by atoms with E-state index in [0.717, 1.165) is 5.56 Å². The van der Waals surface area contributed by atoms with Gasteiger partial charge in [0.2, 0.25) is 5.88 Å². The van der Waals surface area contributed by atoms with Gasteiger partial charge in [-0.2, -0.15) is 0 Å². The minimum Gasteiger partial charge on any atom is -0.490 e. The van der Waals surface area contributed by atoms with E-state index in [9.17, 15) is 9.59 Å². The molecule has 0 aliphatic carbocycles. The zero-order chi connectivity index (χ0) is 29.9. The van der Waals surface area contributed by atoms with E-state index in [1.807, 2.05) is 20.8 Å². The third-order valence-corrected chi connectivity index (χ3v) is 6.58. The Bertz CT molecular complexity index is 1480. The summed E-state index contributed by atoms with van der Waals surface area (Å²) in [7, 11) is 0. The van der Waals surface area contributed by atoms with E-state index in [1.54, 1.807) is 50.2 Å². The predicted molar refractivity (Wildman–Crippen MR) is 151 cm³/mol. The summed E-state index contributed by atoms with van der Waals surface area (Å²) < 4.78 is 32.5. The van der Waals surface area contributed by atoms with E-state index in [4.69, 9.17) is 24.7 Å². The summed E-state index contributed by atoms with van der Waals surface area (Å²) in [5.74, 6) is -0.845. The Hall–Kier alpha value is -4.47. The molecule has 0 fully saturated rings. The number of ketones is 1. The standard InChI is InChI=1S/C31H34FN3O6/c1-6-39-24-14-20-16-35(30(33)27(20)28(32)29(24)40-7-2)17-22(36)19-9-10-23(21(13-19)31(3,4)5)41-25-11-8-18(15-34-25)12-26(37)38/h8-11,13-15,33H,6-7,12,16-17H2,1-5H3,(H,37,38). The number of carbonyl (C=O) groups is 2. The average Bonchev–Trinajstić information content (AvgIpc) is 3.21. The third kappa shape index (κ3) is 6.48. The number of aromatic nitrogens is 1. The lowest BCUT2D eigenvalue weighted by atomic mass is 9.85. The van der Waals surface area contributed by atoms with Crippen LogP contribution in [0.3, 0.4) is 0 Å². The molecular weight excluding hydrogens is 529 g/mol. The number of fused-ring (bicyclic) bond motifs is 1. The van der Waals surface area contributed by atoms with Crippen LogP contribution in [-0.4, -0.2) is 52.3 Å². The van der Waals surface area contributed by atoms with Gasteiger partial charge in [0.05, 0.1) is 31.7 Å². The number of nitrogens with zero attached hydrogens (tertiary/aromatic N) is 2. The number of rotatable bonds is 11. The number of nitrogens with one attached hydrogen (secondary N) is 1. The number of carboxylic acids is 1. The summed E-state index contributed by atoms with van der Waals surface area (Å²) in [5.41, 5.74) is 2.05. The topological polar surface area (TPSA) is 122 Å². The van der Waals surface area contributed by atoms with Crippen molar-refractivity contribution in [2.24, 2.45) is 0 Å². The number of Topliss-reactive ketones (excluding diaryl/α,β-unsaturated/α-hetero) is 1. The molecule has 0 saturated carbocycles. The van der Waals surface area contributed by atoms with Crippen molar-refractivity contribution in [3.63, 3.8) is 0 Å². The molecule has 0 unspecified atom stereocenters. The first-order chi connectivity index (χ1) is 19.4. The van der Waals surface area contributed by atoms with Gasteiger partial charge in [-0.05, 0) is 54.7 Å². The largest absolute Gasteiger partial charge is 0.490 e. The lowest BCUT2D eigenvalue weighted by molar-refractivity contribution is -0.136. The first-order valence-electron chi connectivity index (χ1n) is 13.4. The van der Waals surface area contributed by atoms with Crippen LogP contribution in [-0.2, 0) is 23.2 Å². The van der Waals surface area contributed by atoms with E-state index in [-0.39, 0.29) is 60.2 Å². The maximum Gasteiger partial charge on any atom is 0.307 e. The van der Waals surface area contributed by atoms with Gasteiger partial charge in [0.1, 0.15) is 11.6 Å². The average molecular weight is 564 g/mol. The van der Waals surface area contributed by atoms with Gasteiger partial charge in [-0.15, -0.1) is 0 Å². The van der Waals surface area contributed by atoms with Gasteiger partial charge >= 0.3 is 5.97 Å². The molecule has 1 aromatic heterocycles. The lowest BCUT2D eigenvalue weighted by Crippen LogP contribution is -2.30. The Morgan fingerprint density at radius 1 is 1.07 bits per heavy atom. The summed E-state index contributed by atoms with van der Waals surface area (Å²) in [6.45, 7) is 10.2. The van der Waals surface area contributed by atoms with E-state index in [2.05, 4.69) is 4.98 Å². The zero-order valence-electron chi connectivity index (χ0n) is 23.8. The van der Waals surface area contributed by atoms with Crippen LogP contribution in [0.2, 0.25) is 0 Å². The number of pyridine rings is 1. The van der Waals surface area contributed by atoms with Crippen molar-refractivity contribution in [2.75, 3.05) is 19.8 Å². The highest BCUT2D eigenvalue weighted by atomic mass is 19.1. The highest BCUT2D eigenvalue weighted by Crippen LogP contribution is 2.39. The maximum atomic E-state index is 15.4. The zero-order valence-corrected chi connectivity index (χ0v) is 23.8. The first-order valence-corrected chi connectivity index (χ1v) is 13.4. The van der Waals surface area contributed by atoms with Crippen molar-refractivity contribution in [1.29, 1.82) is 5.41 Å².